The third-order valence-corrected chi connectivity index (χ3v) is 3.93. The molecule has 1 amide bonds. The Balaban J connectivity index is 2.23. The van der Waals surface area contributed by atoms with Crippen LogP contribution in [0.4, 0.5) is 5.69 Å². The fourth-order valence-electron chi connectivity index (χ4n) is 1.76. The molecule has 1 aromatic heterocycles. The zero-order chi connectivity index (χ0) is 15.6. The molecule has 7 nitrogen and oxygen atoms in total. The molecule has 0 fully saturated rings. The molecule has 2 N–H and O–H groups in total. The third-order valence-electron chi connectivity index (χ3n) is 2.83. The Morgan fingerprint density at radius 2 is 2.19 bits per heavy atom. The van der Waals surface area contributed by atoms with Crippen molar-refractivity contribution in [3.63, 3.8) is 0 Å². The first-order chi connectivity index (χ1) is 9.81. The van der Waals surface area contributed by atoms with Gasteiger partial charge in [0, 0.05) is 17.6 Å². The lowest BCUT2D eigenvalue weighted by Gasteiger charge is -2.24. The van der Waals surface area contributed by atoms with Gasteiger partial charge in [0.2, 0.25) is 0 Å². The molecule has 0 saturated carbocycles. The second-order valence-electron chi connectivity index (χ2n) is 4.87. The molecule has 0 bridgehead atoms. The smallest absolute Gasteiger partial charge is 0.273 e. The molecular formula is C13H13N3O4S. The van der Waals surface area contributed by atoms with E-state index in [9.17, 15) is 20.0 Å². The van der Waals surface area contributed by atoms with Gasteiger partial charge in [0.15, 0.2) is 0 Å². The van der Waals surface area contributed by atoms with Gasteiger partial charge in [-0.2, -0.15) is 0 Å². The molecular weight excluding hydrogens is 294 g/mol. The Hall–Kier alpha value is -2.48. The average Bonchev–Trinajstić information content (AvgIpc) is 2.92. The van der Waals surface area contributed by atoms with E-state index in [4.69, 9.17) is 0 Å². The summed E-state index contributed by atoms with van der Waals surface area (Å²) < 4.78 is 0. The van der Waals surface area contributed by atoms with Gasteiger partial charge in [0.05, 0.1) is 22.1 Å². The normalized spacial score (nSPS) is 11.1. The van der Waals surface area contributed by atoms with E-state index in [1.807, 2.05) is 0 Å². The van der Waals surface area contributed by atoms with E-state index in [0.717, 1.165) is 11.1 Å². The summed E-state index contributed by atoms with van der Waals surface area (Å²) in [4.78, 5) is 26.3. The number of nitro benzene ring substituents is 1. The number of aromatic nitrogens is 1. The zero-order valence-electron chi connectivity index (χ0n) is 11.4. The zero-order valence-corrected chi connectivity index (χ0v) is 12.2. The summed E-state index contributed by atoms with van der Waals surface area (Å²) >= 11 is 1.40. The Morgan fingerprint density at radius 1 is 1.48 bits per heavy atom. The number of carbonyl (C=O) groups is 1. The fraction of sp³-hybridized carbons (Fsp3) is 0.231. The molecule has 0 saturated heterocycles. The predicted octanol–water partition coefficient (Wildman–Crippen LogP) is 2.42. The molecule has 0 unspecified atom stereocenters. The standard InChI is InChI=1S/C13H13N3O4S/c1-13(2,12-14-5-6-21-12)15-11(18)9-4-3-8(16(19)20)7-10(9)17/h3-7,17H,1-2H3,(H,15,18). The predicted molar refractivity (Wildman–Crippen MR) is 77.4 cm³/mol. The third kappa shape index (κ3) is 3.16. The average molecular weight is 307 g/mol. The van der Waals surface area contributed by atoms with Crippen molar-refractivity contribution in [3.05, 3.63) is 50.5 Å². The maximum Gasteiger partial charge on any atom is 0.273 e. The van der Waals surface area contributed by atoms with Gasteiger partial charge < -0.3 is 10.4 Å². The molecule has 2 aromatic rings. The second kappa shape index (κ2) is 5.49. The molecule has 0 spiro atoms. The number of hydrogen-bond acceptors (Lipinski definition) is 6. The van der Waals surface area contributed by atoms with E-state index in [2.05, 4.69) is 10.3 Å². The van der Waals surface area contributed by atoms with Crippen LogP contribution in [0.2, 0.25) is 0 Å². The molecule has 0 radical (unpaired) electrons. The van der Waals surface area contributed by atoms with Gasteiger partial charge in [-0.1, -0.05) is 0 Å². The topological polar surface area (TPSA) is 105 Å². The summed E-state index contributed by atoms with van der Waals surface area (Å²) in [5.74, 6) is -0.959. The van der Waals surface area contributed by atoms with E-state index in [1.165, 1.54) is 23.5 Å². The van der Waals surface area contributed by atoms with Crippen molar-refractivity contribution < 1.29 is 14.8 Å². The van der Waals surface area contributed by atoms with Gasteiger partial charge >= 0.3 is 0 Å². The van der Waals surface area contributed by atoms with Crippen LogP contribution in [0.15, 0.2) is 29.8 Å². The Kier molecular flexibility index (Phi) is 3.90. The second-order valence-corrected chi connectivity index (χ2v) is 5.77. The Labute approximate surface area is 124 Å². The van der Waals surface area contributed by atoms with Gasteiger partial charge in [-0.15, -0.1) is 11.3 Å². The Morgan fingerprint density at radius 3 is 2.71 bits per heavy atom. The number of carbonyl (C=O) groups excluding carboxylic acids is 1. The van der Waals surface area contributed by atoms with Crippen molar-refractivity contribution in [2.75, 3.05) is 0 Å². The monoisotopic (exact) mass is 307 g/mol. The van der Waals surface area contributed by atoms with E-state index in [1.54, 1.807) is 25.4 Å². The highest BCUT2D eigenvalue weighted by Crippen LogP contribution is 2.26. The minimum Gasteiger partial charge on any atom is -0.507 e. The molecule has 1 aromatic carbocycles. The number of thiazole rings is 1. The van der Waals surface area contributed by atoms with Crippen LogP contribution in [0.1, 0.15) is 29.2 Å². The summed E-state index contributed by atoms with van der Waals surface area (Å²) in [5.41, 5.74) is -1.01. The number of amides is 1. The molecule has 0 aliphatic rings. The van der Waals surface area contributed by atoms with Gasteiger partial charge in [0.1, 0.15) is 10.8 Å². The summed E-state index contributed by atoms with van der Waals surface area (Å²) in [6.45, 7) is 3.57. The van der Waals surface area contributed by atoms with Crippen molar-refractivity contribution in [2.45, 2.75) is 19.4 Å². The number of nitrogens with one attached hydrogen (secondary N) is 1. The first kappa shape index (κ1) is 14.9. The molecule has 8 heteroatoms. The highest BCUT2D eigenvalue weighted by Gasteiger charge is 2.27. The molecule has 0 aliphatic carbocycles. The lowest BCUT2D eigenvalue weighted by molar-refractivity contribution is -0.384. The minimum atomic E-state index is -0.709. The van der Waals surface area contributed by atoms with Crippen LogP contribution in [-0.2, 0) is 5.54 Å². The summed E-state index contributed by atoms with van der Waals surface area (Å²) in [7, 11) is 0. The van der Waals surface area contributed by atoms with Crippen LogP contribution in [0.25, 0.3) is 0 Å². The van der Waals surface area contributed by atoms with E-state index < -0.39 is 22.1 Å². The van der Waals surface area contributed by atoms with Crippen LogP contribution >= 0.6 is 11.3 Å². The lowest BCUT2D eigenvalue weighted by atomic mass is 10.1. The Bertz CT molecular complexity index is 683. The number of hydrogen-bond donors (Lipinski definition) is 2. The first-order valence-corrected chi connectivity index (χ1v) is 6.89. The number of nitrogens with zero attached hydrogens (tertiary/aromatic N) is 2. The number of non-ortho nitro benzene ring substituents is 1. The van der Waals surface area contributed by atoms with Crippen molar-refractivity contribution >= 4 is 22.9 Å². The van der Waals surface area contributed by atoms with Crippen LogP contribution in [-0.4, -0.2) is 20.9 Å². The van der Waals surface area contributed by atoms with Gasteiger partial charge in [-0.25, -0.2) is 4.98 Å². The van der Waals surface area contributed by atoms with E-state index >= 15 is 0 Å². The number of nitro groups is 1. The van der Waals surface area contributed by atoms with Crippen molar-refractivity contribution in [3.8, 4) is 5.75 Å². The summed E-state index contributed by atoms with van der Waals surface area (Å²) in [6.07, 6.45) is 1.64. The molecule has 1 heterocycles. The number of phenols is 1. The maximum atomic E-state index is 12.2. The number of phenolic OH excluding ortho intramolecular Hbond substituents is 1. The number of benzene rings is 1. The highest BCUT2D eigenvalue weighted by atomic mass is 32.1. The van der Waals surface area contributed by atoms with E-state index in [0.29, 0.717) is 0 Å². The summed E-state index contributed by atoms with van der Waals surface area (Å²) in [5, 5.41) is 25.6. The van der Waals surface area contributed by atoms with Crippen molar-refractivity contribution in [2.24, 2.45) is 0 Å². The quantitative estimate of drug-likeness (QED) is 0.666. The molecule has 110 valence electrons. The first-order valence-electron chi connectivity index (χ1n) is 6.01. The molecule has 0 aliphatic heterocycles. The SMILES string of the molecule is CC(C)(NC(=O)c1ccc([N+](=O)[O-])cc1O)c1nccs1. The number of aromatic hydroxyl groups is 1. The maximum absolute atomic E-state index is 12.2. The molecule has 0 atom stereocenters. The van der Waals surface area contributed by atoms with Crippen LogP contribution in [0.3, 0.4) is 0 Å². The van der Waals surface area contributed by atoms with Crippen molar-refractivity contribution in [1.82, 2.24) is 10.3 Å². The molecule has 21 heavy (non-hydrogen) atoms. The molecule has 2 rings (SSSR count). The summed E-state index contributed by atoms with van der Waals surface area (Å²) in [6, 6.07) is 3.34. The van der Waals surface area contributed by atoms with E-state index in [-0.39, 0.29) is 11.3 Å². The van der Waals surface area contributed by atoms with Gasteiger partial charge in [-0.3, -0.25) is 14.9 Å². The minimum absolute atomic E-state index is 0.0229. The van der Waals surface area contributed by atoms with Gasteiger partial charge in [-0.05, 0) is 19.9 Å². The largest absolute Gasteiger partial charge is 0.507 e. The highest BCUT2D eigenvalue weighted by molar-refractivity contribution is 7.09. The van der Waals surface area contributed by atoms with Gasteiger partial charge in [0.25, 0.3) is 11.6 Å². The lowest BCUT2D eigenvalue weighted by Crippen LogP contribution is -2.40. The van der Waals surface area contributed by atoms with Crippen LogP contribution < -0.4 is 5.32 Å². The number of rotatable bonds is 4. The van der Waals surface area contributed by atoms with Crippen LogP contribution in [0.5, 0.6) is 5.75 Å². The van der Waals surface area contributed by atoms with Crippen molar-refractivity contribution in [1.29, 1.82) is 0 Å². The fourth-order valence-corrected chi connectivity index (χ4v) is 2.48. The van der Waals surface area contributed by atoms with Crippen LogP contribution in [0, 0.1) is 10.1 Å².